The van der Waals surface area contributed by atoms with Crippen LogP contribution in [0.25, 0.3) is 0 Å². The molecule has 0 saturated heterocycles. The Kier molecular flexibility index (Phi) is 14.7. The Balaban J connectivity index is 4.73. The summed E-state index contributed by atoms with van der Waals surface area (Å²) in [5.41, 5.74) is 10.7. The maximum atomic E-state index is 12.4. The molecule has 0 spiro atoms. The number of nitrogens with two attached hydrogens (primary N) is 2. The first kappa shape index (κ1) is 29.0. The highest BCUT2D eigenvalue weighted by molar-refractivity contribution is 6.28. The van der Waals surface area contributed by atoms with Crippen LogP contribution in [0.4, 0.5) is 4.79 Å². The fourth-order valence-electron chi connectivity index (χ4n) is 2.28. The Labute approximate surface area is 187 Å². The molecule has 3 amide bonds. The number of ether oxygens (including phenoxy) is 1. The summed E-state index contributed by atoms with van der Waals surface area (Å²) in [5.74, 6) is -1.98. The second-order valence-electron chi connectivity index (χ2n) is 7.39. The molecule has 9 N–H and O–H groups in total. The van der Waals surface area contributed by atoms with Crippen molar-refractivity contribution < 1.29 is 29.0 Å². The van der Waals surface area contributed by atoms with E-state index in [4.69, 9.17) is 27.8 Å². The topological polar surface area (TPSA) is 198 Å². The van der Waals surface area contributed by atoms with Gasteiger partial charge in [-0.15, -0.1) is 11.6 Å². The van der Waals surface area contributed by atoms with Crippen molar-refractivity contribution in [1.29, 1.82) is 0 Å². The SMILES string of the molecule is CC(C)COC(=O)NC(CO)C(=O)NC(C)C(=O)NC(CCCNC(N)N)C(=O)CCl. The minimum Gasteiger partial charge on any atom is -0.449 e. The molecule has 13 heteroatoms. The number of nitrogens with one attached hydrogen (secondary N) is 4. The second kappa shape index (κ2) is 15.8. The highest BCUT2D eigenvalue weighted by Gasteiger charge is 2.27. The van der Waals surface area contributed by atoms with Crippen molar-refractivity contribution in [1.82, 2.24) is 21.3 Å². The lowest BCUT2D eigenvalue weighted by atomic mass is 10.1. The molecule has 0 aromatic heterocycles. The number of amides is 3. The van der Waals surface area contributed by atoms with Crippen LogP contribution in [0.1, 0.15) is 33.6 Å². The summed E-state index contributed by atoms with van der Waals surface area (Å²) in [6.07, 6.45) is -0.768. The van der Waals surface area contributed by atoms with Crippen LogP contribution in [-0.4, -0.2) is 78.9 Å². The van der Waals surface area contributed by atoms with Crippen LogP contribution in [0.3, 0.4) is 0 Å². The third-order valence-corrected chi connectivity index (χ3v) is 4.24. The van der Waals surface area contributed by atoms with Gasteiger partial charge in [-0.25, -0.2) is 4.79 Å². The van der Waals surface area contributed by atoms with Gasteiger partial charge in [-0.2, -0.15) is 0 Å². The fraction of sp³-hybridized carbons (Fsp3) is 0.778. The van der Waals surface area contributed by atoms with Gasteiger partial charge >= 0.3 is 6.09 Å². The Morgan fingerprint density at radius 1 is 1.00 bits per heavy atom. The number of halogens is 1. The van der Waals surface area contributed by atoms with Gasteiger partial charge in [0.2, 0.25) is 11.8 Å². The van der Waals surface area contributed by atoms with Crippen molar-refractivity contribution in [2.75, 3.05) is 25.6 Å². The third-order valence-electron chi connectivity index (χ3n) is 3.98. The first-order valence-electron chi connectivity index (χ1n) is 9.99. The first-order chi connectivity index (χ1) is 14.5. The molecule has 0 aliphatic heterocycles. The lowest BCUT2D eigenvalue weighted by Crippen LogP contribution is -2.56. The first-order valence-corrected chi connectivity index (χ1v) is 10.5. The zero-order valence-corrected chi connectivity index (χ0v) is 18.9. The standard InChI is InChI=1S/C18H35ClN6O6/c1-10(2)9-31-18(30)25-13(8-26)16(29)23-11(3)15(28)24-12(14(27)7-19)5-4-6-22-17(20)21/h10-13,17,22,26H,4-9,20-21H2,1-3H3,(H,23,29)(H,24,28)(H,25,30). The van der Waals surface area contributed by atoms with Crippen LogP contribution >= 0.6 is 11.6 Å². The predicted octanol–water partition coefficient (Wildman–Crippen LogP) is -1.90. The molecule has 0 rings (SSSR count). The van der Waals surface area contributed by atoms with E-state index in [9.17, 15) is 24.3 Å². The average molecular weight is 467 g/mol. The summed E-state index contributed by atoms with van der Waals surface area (Å²) < 4.78 is 4.90. The third kappa shape index (κ3) is 13.1. The van der Waals surface area contributed by atoms with E-state index < -0.39 is 48.9 Å². The molecule has 0 aliphatic rings. The van der Waals surface area contributed by atoms with E-state index in [2.05, 4.69) is 21.3 Å². The fourth-order valence-corrected chi connectivity index (χ4v) is 2.46. The van der Waals surface area contributed by atoms with Gasteiger partial charge in [0.15, 0.2) is 5.78 Å². The number of rotatable bonds is 15. The van der Waals surface area contributed by atoms with E-state index in [0.717, 1.165) is 0 Å². The number of aliphatic hydroxyl groups is 1. The van der Waals surface area contributed by atoms with Gasteiger partial charge in [0.25, 0.3) is 0 Å². The smallest absolute Gasteiger partial charge is 0.407 e. The monoisotopic (exact) mass is 466 g/mol. The Morgan fingerprint density at radius 3 is 2.16 bits per heavy atom. The van der Waals surface area contributed by atoms with Crippen molar-refractivity contribution in [3.63, 3.8) is 0 Å². The number of carbonyl (C=O) groups excluding carboxylic acids is 4. The summed E-state index contributed by atoms with van der Waals surface area (Å²) in [5, 5.41) is 19.3. The van der Waals surface area contributed by atoms with Crippen molar-refractivity contribution in [3.8, 4) is 0 Å². The van der Waals surface area contributed by atoms with Gasteiger partial charge in [-0.1, -0.05) is 13.8 Å². The lowest BCUT2D eigenvalue weighted by molar-refractivity contribution is -0.131. The number of aliphatic hydroxyl groups excluding tert-OH is 1. The molecule has 180 valence electrons. The molecule has 12 nitrogen and oxygen atoms in total. The van der Waals surface area contributed by atoms with Crippen LogP contribution in [-0.2, 0) is 19.1 Å². The van der Waals surface area contributed by atoms with E-state index in [-0.39, 0.29) is 24.2 Å². The number of hydrogen-bond acceptors (Lipinski definition) is 9. The molecule has 3 atom stereocenters. The number of Topliss-reactive ketones (excluding diaryl/α,β-unsaturated/α-hetero) is 1. The summed E-state index contributed by atoms with van der Waals surface area (Å²) in [7, 11) is 0. The molecule has 0 bridgehead atoms. The normalized spacial score (nSPS) is 14.0. The van der Waals surface area contributed by atoms with Gasteiger partial charge in [-0.3, -0.25) is 19.7 Å². The zero-order chi connectivity index (χ0) is 24.0. The molecule has 31 heavy (non-hydrogen) atoms. The number of alkyl carbamates (subject to hydrolysis) is 1. The summed E-state index contributed by atoms with van der Waals surface area (Å²) in [6, 6.07) is -3.20. The largest absolute Gasteiger partial charge is 0.449 e. The number of hydrogen-bond donors (Lipinski definition) is 7. The molecule has 3 unspecified atom stereocenters. The van der Waals surface area contributed by atoms with Crippen LogP contribution in [0, 0.1) is 5.92 Å². The molecule has 0 aromatic rings. The van der Waals surface area contributed by atoms with Gasteiger partial charge in [-0.05, 0) is 32.2 Å². The van der Waals surface area contributed by atoms with E-state index in [1.54, 1.807) is 0 Å². The molecule has 0 aromatic carbocycles. The quantitative estimate of drug-likeness (QED) is 0.0817. The highest BCUT2D eigenvalue weighted by atomic mass is 35.5. The molecular formula is C18H35ClN6O6. The molecular weight excluding hydrogens is 432 g/mol. The molecule has 0 heterocycles. The minimum absolute atomic E-state index is 0.0994. The van der Waals surface area contributed by atoms with E-state index >= 15 is 0 Å². The van der Waals surface area contributed by atoms with Crippen LogP contribution in [0.15, 0.2) is 0 Å². The maximum Gasteiger partial charge on any atom is 0.407 e. The molecule has 0 aliphatic carbocycles. The Bertz CT molecular complexity index is 592. The molecule has 0 saturated carbocycles. The van der Waals surface area contributed by atoms with Gasteiger partial charge in [0.1, 0.15) is 18.4 Å². The lowest BCUT2D eigenvalue weighted by Gasteiger charge is -2.22. The van der Waals surface area contributed by atoms with Gasteiger partial charge in [0, 0.05) is 0 Å². The van der Waals surface area contributed by atoms with Crippen molar-refractivity contribution in [2.24, 2.45) is 17.4 Å². The summed E-state index contributed by atoms with van der Waals surface area (Å²) in [6.45, 7) is 4.97. The van der Waals surface area contributed by atoms with Crippen molar-refractivity contribution >= 4 is 35.3 Å². The summed E-state index contributed by atoms with van der Waals surface area (Å²) in [4.78, 5) is 48.4. The maximum absolute atomic E-state index is 12.4. The summed E-state index contributed by atoms with van der Waals surface area (Å²) >= 11 is 5.61. The van der Waals surface area contributed by atoms with E-state index in [0.29, 0.717) is 19.4 Å². The van der Waals surface area contributed by atoms with Gasteiger partial charge < -0.3 is 37.3 Å². The van der Waals surface area contributed by atoms with Crippen LogP contribution in [0.5, 0.6) is 0 Å². The van der Waals surface area contributed by atoms with Gasteiger partial charge in [0.05, 0.1) is 25.1 Å². The highest BCUT2D eigenvalue weighted by Crippen LogP contribution is 2.02. The molecule has 0 fully saturated rings. The minimum atomic E-state index is -1.30. The Hall–Kier alpha value is -1.99. The van der Waals surface area contributed by atoms with Crippen LogP contribution < -0.4 is 32.7 Å². The van der Waals surface area contributed by atoms with Crippen molar-refractivity contribution in [2.45, 2.75) is 58.0 Å². The average Bonchev–Trinajstić information content (AvgIpc) is 2.71. The Morgan fingerprint density at radius 2 is 1.65 bits per heavy atom. The van der Waals surface area contributed by atoms with Crippen LogP contribution in [0.2, 0.25) is 0 Å². The number of carbonyl (C=O) groups is 4. The number of alkyl halides is 1. The predicted molar refractivity (Wildman–Crippen MR) is 115 cm³/mol. The number of ketones is 1. The second-order valence-corrected chi connectivity index (χ2v) is 7.65. The molecule has 0 radical (unpaired) electrons. The van der Waals surface area contributed by atoms with E-state index in [1.165, 1.54) is 6.92 Å². The zero-order valence-electron chi connectivity index (χ0n) is 18.2. The van der Waals surface area contributed by atoms with Crippen molar-refractivity contribution in [3.05, 3.63) is 0 Å². The van der Waals surface area contributed by atoms with E-state index in [1.807, 2.05) is 13.8 Å².